The lowest BCUT2D eigenvalue weighted by Gasteiger charge is -2.30. The third kappa shape index (κ3) is 8.45. The first-order valence-corrected chi connectivity index (χ1v) is 23.3. The molecule has 1 spiro atoms. The van der Waals surface area contributed by atoms with E-state index in [0.29, 0.717) is 13.1 Å². The summed E-state index contributed by atoms with van der Waals surface area (Å²) < 4.78 is 9.62. The number of alkyl carbamates (subject to hydrolysis) is 2. The molecule has 15 nitrogen and oxygen atoms in total. The normalized spacial score (nSPS) is 19.9. The number of hydrogen-bond acceptors (Lipinski definition) is 9. The summed E-state index contributed by atoms with van der Waals surface area (Å²) in [5.74, 6) is 0.991. The lowest BCUT2D eigenvalue weighted by atomic mass is 9.82. The number of aromatic amines is 2. The van der Waals surface area contributed by atoms with E-state index in [4.69, 9.17) is 24.4 Å². The highest BCUT2D eigenvalue weighted by atomic mass is 16.5. The Kier molecular flexibility index (Phi) is 12.2. The van der Waals surface area contributed by atoms with E-state index in [2.05, 4.69) is 63.1 Å². The van der Waals surface area contributed by atoms with Crippen LogP contribution >= 0.6 is 0 Å². The number of likely N-dealkylation sites (tertiary alicyclic amines) is 2. The summed E-state index contributed by atoms with van der Waals surface area (Å²) in [7, 11) is 2.60. The maximum Gasteiger partial charge on any atom is 0.407 e. The van der Waals surface area contributed by atoms with E-state index in [1.807, 2.05) is 49.9 Å². The molecule has 4 N–H and O–H groups in total. The van der Waals surface area contributed by atoms with Crippen LogP contribution in [-0.2, 0) is 31.9 Å². The summed E-state index contributed by atoms with van der Waals surface area (Å²) in [5.41, 5.74) is 11.0. The lowest BCUT2D eigenvalue weighted by Crippen LogP contribution is -2.51. The molecule has 2 aromatic carbocycles. The number of nitrogens with one attached hydrogen (secondary N) is 4. The van der Waals surface area contributed by atoms with Crippen molar-refractivity contribution in [2.24, 2.45) is 17.3 Å². The summed E-state index contributed by atoms with van der Waals surface area (Å²) in [6, 6.07) is 13.3. The fourth-order valence-corrected chi connectivity index (χ4v) is 11.0. The Balaban J connectivity index is 0.964. The van der Waals surface area contributed by atoms with E-state index in [1.165, 1.54) is 62.2 Å². The van der Waals surface area contributed by atoms with Gasteiger partial charge in [0.2, 0.25) is 11.8 Å². The maximum absolute atomic E-state index is 13.8. The van der Waals surface area contributed by atoms with Crippen molar-refractivity contribution in [3.63, 3.8) is 0 Å². The standard InChI is InChI=1S/C50H61N9O6/c1-28(2)42(56-48(62)64-5)46(60)58-21-9-11-40(58)44-52-27-39(55-44)31-14-17-36(51-26-31)33-16-15-32(34-24-50(25-35(33)34)19-7-8-20-50)30-13-18-37-38(23-30)54-45(53-37)41-12-10-22-59(41)47(61)43(29(3)4)57-49(63)65-6/h13-18,23,26-29,40-43H,7-12,19-22,24-25H2,1-6H3,(H,52,55)(H,53,54)(H,56,62)(H,57,63)/t40?,41?,42-,43-/m0/s1. The van der Waals surface area contributed by atoms with Crippen LogP contribution in [-0.4, -0.2) is 98.1 Å². The smallest absolute Gasteiger partial charge is 0.407 e. The molecule has 0 bridgehead atoms. The summed E-state index contributed by atoms with van der Waals surface area (Å²) >= 11 is 0. The molecule has 2 saturated heterocycles. The third-order valence-electron chi connectivity index (χ3n) is 14.4. The molecule has 3 fully saturated rings. The van der Waals surface area contributed by atoms with Gasteiger partial charge in [-0.15, -0.1) is 0 Å². The van der Waals surface area contributed by atoms with Crippen molar-refractivity contribution in [1.82, 2.24) is 45.4 Å². The molecule has 2 aliphatic heterocycles. The molecule has 5 aromatic rings. The molecule has 3 aromatic heterocycles. The quantitative estimate of drug-likeness (QED) is 0.101. The second kappa shape index (κ2) is 18.0. The van der Waals surface area contributed by atoms with E-state index < -0.39 is 24.3 Å². The van der Waals surface area contributed by atoms with Crippen LogP contribution in [0.4, 0.5) is 9.59 Å². The number of carbonyl (C=O) groups is 4. The molecule has 2 unspecified atom stereocenters. The first-order valence-electron chi connectivity index (χ1n) is 23.3. The highest BCUT2D eigenvalue weighted by Crippen LogP contribution is 2.53. The van der Waals surface area contributed by atoms with Crippen LogP contribution in [0.15, 0.2) is 54.9 Å². The minimum Gasteiger partial charge on any atom is -0.453 e. The zero-order valence-electron chi connectivity index (χ0n) is 38.3. The molecular weight excluding hydrogens is 823 g/mol. The highest BCUT2D eigenvalue weighted by Gasteiger charge is 2.43. The zero-order valence-corrected chi connectivity index (χ0v) is 38.3. The van der Waals surface area contributed by atoms with E-state index in [-0.39, 0.29) is 41.1 Å². The van der Waals surface area contributed by atoms with E-state index >= 15 is 0 Å². The Bertz CT molecular complexity index is 2590. The first kappa shape index (κ1) is 44.0. The number of ether oxygens (including phenoxy) is 2. The molecule has 342 valence electrons. The van der Waals surface area contributed by atoms with Crippen molar-refractivity contribution in [1.29, 1.82) is 0 Å². The molecule has 5 heterocycles. The fourth-order valence-electron chi connectivity index (χ4n) is 11.0. The van der Waals surface area contributed by atoms with Gasteiger partial charge in [0.25, 0.3) is 0 Å². The molecule has 2 aliphatic carbocycles. The SMILES string of the molecule is COC(=O)N[C@H](C(=O)N1CCCC1c1ncc(-c2ccc(-c3ccc(-c4ccc5nc(C6CCCN6C(=O)[C@@H](NC(=O)OC)C(C)C)[nH]c5c4)c4c3CC3(CCCC3)C4)nc2)[nH]1)C(C)C. The van der Waals surface area contributed by atoms with Gasteiger partial charge in [0.05, 0.1) is 54.9 Å². The molecule has 0 radical (unpaired) electrons. The van der Waals surface area contributed by atoms with Gasteiger partial charge >= 0.3 is 12.2 Å². The van der Waals surface area contributed by atoms with Crippen LogP contribution in [0.1, 0.15) is 114 Å². The van der Waals surface area contributed by atoms with Gasteiger partial charge in [0, 0.05) is 30.4 Å². The number of benzene rings is 2. The summed E-state index contributed by atoms with van der Waals surface area (Å²) in [6.45, 7) is 8.85. The Labute approximate surface area is 379 Å². The molecule has 4 atom stereocenters. The number of imidazole rings is 2. The van der Waals surface area contributed by atoms with Crippen molar-refractivity contribution in [2.45, 2.75) is 116 Å². The minimum absolute atomic E-state index is 0.109. The number of methoxy groups -OCH3 is 2. The number of pyridine rings is 1. The van der Waals surface area contributed by atoms with Crippen LogP contribution in [0.3, 0.4) is 0 Å². The Morgan fingerprint density at radius 3 is 1.86 bits per heavy atom. The predicted octanol–water partition coefficient (Wildman–Crippen LogP) is 8.43. The van der Waals surface area contributed by atoms with Crippen molar-refractivity contribution >= 4 is 35.0 Å². The van der Waals surface area contributed by atoms with E-state index in [1.54, 1.807) is 0 Å². The predicted molar refractivity (Wildman–Crippen MR) is 246 cm³/mol. The van der Waals surface area contributed by atoms with Gasteiger partial charge in [0.1, 0.15) is 23.7 Å². The first-order chi connectivity index (χ1) is 31.4. The van der Waals surface area contributed by atoms with Crippen LogP contribution < -0.4 is 10.6 Å². The van der Waals surface area contributed by atoms with Gasteiger partial charge in [-0.2, -0.15) is 0 Å². The van der Waals surface area contributed by atoms with Crippen molar-refractivity contribution in [3.8, 4) is 33.6 Å². The molecule has 4 aliphatic rings. The number of nitrogens with zero attached hydrogens (tertiary/aromatic N) is 5. The molecule has 15 heteroatoms. The molecule has 1 saturated carbocycles. The maximum atomic E-state index is 13.8. The Morgan fingerprint density at radius 1 is 0.692 bits per heavy atom. The fraction of sp³-hybridized carbons (Fsp3) is 0.500. The number of amides is 4. The van der Waals surface area contributed by atoms with Gasteiger partial charge in [-0.1, -0.05) is 58.7 Å². The van der Waals surface area contributed by atoms with Gasteiger partial charge in [-0.25, -0.2) is 19.6 Å². The number of fused-ring (bicyclic) bond motifs is 2. The molecule has 4 amide bonds. The molecular formula is C50H61N9O6. The lowest BCUT2D eigenvalue weighted by molar-refractivity contribution is -0.136. The van der Waals surface area contributed by atoms with E-state index in [9.17, 15) is 19.2 Å². The number of carbonyl (C=O) groups excluding carboxylic acids is 4. The minimum atomic E-state index is -0.696. The van der Waals surface area contributed by atoms with Crippen LogP contribution in [0.25, 0.3) is 44.7 Å². The van der Waals surface area contributed by atoms with Crippen LogP contribution in [0, 0.1) is 17.3 Å². The summed E-state index contributed by atoms with van der Waals surface area (Å²) in [5, 5.41) is 5.46. The van der Waals surface area contributed by atoms with Crippen molar-refractivity contribution in [2.75, 3.05) is 27.3 Å². The average molecular weight is 884 g/mol. The van der Waals surface area contributed by atoms with Crippen LogP contribution in [0.2, 0.25) is 0 Å². The van der Waals surface area contributed by atoms with Gasteiger partial charge in [-0.3, -0.25) is 14.6 Å². The number of hydrogen-bond donors (Lipinski definition) is 4. The van der Waals surface area contributed by atoms with Crippen molar-refractivity contribution in [3.05, 3.63) is 77.6 Å². The molecule has 9 rings (SSSR count). The Hall–Kier alpha value is -6.25. The Morgan fingerprint density at radius 2 is 1.28 bits per heavy atom. The third-order valence-corrected chi connectivity index (χ3v) is 14.4. The van der Waals surface area contributed by atoms with E-state index in [0.717, 1.165) is 83.7 Å². The molecule has 65 heavy (non-hydrogen) atoms. The van der Waals surface area contributed by atoms with Crippen LogP contribution in [0.5, 0.6) is 0 Å². The number of H-pyrrole nitrogens is 2. The summed E-state index contributed by atoms with van der Waals surface area (Å²) in [4.78, 5) is 77.3. The monoisotopic (exact) mass is 883 g/mol. The topological polar surface area (TPSA) is 188 Å². The van der Waals surface area contributed by atoms with Gasteiger partial charge < -0.3 is 39.9 Å². The highest BCUT2D eigenvalue weighted by molar-refractivity contribution is 5.88. The summed E-state index contributed by atoms with van der Waals surface area (Å²) in [6.07, 6.45) is 12.8. The number of aromatic nitrogens is 5. The number of rotatable bonds is 11. The van der Waals surface area contributed by atoms with Gasteiger partial charge in [0.15, 0.2) is 0 Å². The zero-order chi connectivity index (χ0) is 45.6. The second-order valence-electron chi connectivity index (χ2n) is 19.2. The van der Waals surface area contributed by atoms with Crippen molar-refractivity contribution < 1.29 is 28.7 Å². The second-order valence-corrected chi connectivity index (χ2v) is 19.2. The largest absolute Gasteiger partial charge is 0.453 e. The average Bonchev–Trinajstić information content (AvgIpc) is 4.17. The van der Waals surface area contributed by atoms with Gasteiger partial charge in [-0.05, 0) is 115 Å².